The van der Waals surface area contributed by atoms with Crippen LogP contribution >= 0.6 is 0 Å². The third-order valence-electron chi connectivity index (χ3n) is 6.23. The first-order valence-electron chi connectivity index (χ1n) is 11.2. The number of carboxylic acid groups (broad SMARTS) is 1. The van der Waals surface area contributed by atoms with E-state index in [1.165, 1.54) is 43.3 Å². The summed E-state index contributed by atoms with van der Waals surface area (Å²) < 4.78 is 19.2. The number of halogens is 1. The number of fused-ring (bicyclic) bond motifs is 1. The molecule has 5 nitrogen and oxygen atoms in total. The van der Waals surface area contributed by atoms with Crippen molar-refractivity contribution in [2.24, 2.45) is 0 Å². The number of hydrogen-bond acceptors (Lipinski definition) is 3. The topological polar surface area (TPSA) is 75.2 Å². The minimum atomic E-state index is -0.930. The summed E-state index contributed by atoms with van der Waals surface area (Å²) in [6.07, 6.45) is 9.26. The summed E-state index contributed by atoms with van der Waals surface area (Å²) >= 11 is 0. The number of nitrogens with one attached hydrogen (secondary N) is 1. The Morgan fingerprint density at radius 2 is 2.03 bits per heavy atom. The van der Waals surface area contributed by atoms with E-state index < -0.39 is 17.7 Å². The van der Waals surface area contributed by atoms with E-state index in [1.807, 2.05) is 12.3 Å². The number of aliphatic carboxylic acids is 1. The summed E-state index contributed by atoms with van der Waals surface area (Å²) in [6, 6.07) is 11.0. The summed E-state index contributed by atoms with van der Waals surface area (Å²) in [7, 11) is 1.41. The standard InChI is InChI=1S/C26H29FN2O3/c1-32-25-12-10-19(14-22(25)27)21(15-26(30)31)24-13-17(16-28-24)5-4-7-20-11-9-18-6-2-3-8-23(18)29-20/h9-14,16,21,28H,2-8,15H2,1H3,(H,30,31). The molecule has 0 saturated heterocycles. The second kappa shape index (κ2) is 9.98. The molecule has 0 saturated carbocycles. The molecular weight excluding hydrogens is 407 g/mol. The van der Waals surface area contributed by atoms with Crippen molar-refractivity contribution in [1.82, 2.24) is 9.97 Å². The van der Waals surface area contributed by atoms with Crippen LogP contribution in [0.2, 0.25) is 0 Å². The van der Waals surface area contributed by atoms with Crippen LogP contribution in [0.25, 0.3) is 0 Å². The van der Waals surface area contributed by atoms with Gasteiger partial charge in [0.1, 0.15) is 0 Å². The van der Waals surface area contributed by atoms with Crippen molar-refractivity contribution in [2.45, 2.75) is 57.3 Å². The van der Waals surface area contributed by atoms with E-state index in [-0.39, 0.29) is 12.2 Å². The van der Waals surface area contributed by atoms with Crippen molar-refractivity contribution in [1.29, 1.82) is 0 Å². The van der Waals surface area contributed by atoms with Crippen LogP contribution in [-0.4, -0.2) is 28.2 Å². The molecule has 4 rings (SSSR count). The van der Waals surface area contributed by atoms with Gasteiger partial charge in [0.05, 0.1) is 13.5 Å². The smallest absolute Gasteiger partial charge is 0.304 e. The van der Waals surface area contributed by atoms with Gasteiger partial charge in [-0.1, -0.05) is 12.1 Å². The Morgan fingerprint density at radius 1 is 1.19 bits per heavy atom. The van der Waals surface area contributed by atoms with Crippen molar-refractivity contribution >= 4 is 5.97 Å². The molecule has 0 bridgehead atoms. The van der Waals surface area contributed by atoms with Crippen LogP contribution in [0.3, 0.4) is 0 Å². The van der Waals surface area contributed by atoms with Crippen molar-refractivity contribution in [3.8, 4) is 5.75 Å². The first-order chi connectivity index (χ1) is 15.5. The summed E-state index contributed by atoms with van der Waals surface area (Å²) in [4.78, 5) is 19.5. The number of hydrogen-bond donors (Lipinski definition) is 2. The number of methoxy groups -OCH3 is 1. The number of pyridine rings is 1. The van der Waals surface area contributed by atoms with E-state index in [0.717, 1.165) is 49.1 Å². The number of rotatable bonds is 9. The van der Waals surface area contributed by atoms with E-state index in [2.05, 4.69) is 17.1 Å². The third-order valence-corrected chi connectivity index (χ3v) is 6.23. The summed E-state index contributed by atoms with van der Waals surface area (Å²) in [5, 5.41) is 9.40. The maximum absolute atomic E-state index is 14.2. The predicted molar refractivity (Wildman–Crippen MR) is 121 cm³/mol. The Kier molecular flexibility index (Phi) is 6.88. The molecule has 1 aromatic carbocycles. The molecule has 2 N–H and O–H groups in total. The fraction of sp³-hybridized carbons (Fsp3) is 0.385. The maximum Gasteiger partial charge on any atom is 0.304 e. The number of benzene rings is 1. The lowest BCUT2D eigenvalue weighted by Gasteiger charge is -2.15. The zero-order valence-electron chi connectivity index (χ0n) is 18.4. The van der Waals surface area contributed by atoms with Crippen LogP contribution in [0.1, 0.15) is 65.4 Å². The lowest BCUT2D eigenvalue weighted by atomic mass is 9.92. The van der Waals surface area contributed by atoms with Crippen molar-refractivity contribution in [2.75, 3.05) is 7.11 Å². The highest BCUT2D eigenvalue weighted by Crippen LogP contribution is 2.31. The van der Waals surface area contributed by atoms with Gasteiger partial charge in [-0.2, -0.15) is 0 Å². The summed E-state index contributed by atoms with van der Waals surface area (Å²) in [5.74, 6) is -1.74. The van der Waals surface area contributed by atoms with Crippen LogP contribution in [0.4, 0.5) is 4.39 Å². The van der Waals surface area contributed by atoms with Gasteiger partial charge in [-0.3, -0.25) is 9.78 Å². The Bertz CT molecular complexity index is 1090. The number of aromatic nitrogens is 2. The van der Waals surface area contributed by atoms with Gasteiger partial charge in [-0.05, 0) is 85.9 Å². The summed E-state index contributed by atoms with van der Waals surface area (Å²) in [5.41, 5.74) is 6.30. The Labute approximate surface area is 187 Å². The van der Waals surface area contributed by atoms with E-state index in [4.69, 9.17) is 9.72 Å². The number of H-pyrrole nitrogens is 1. The average Bonchev–Trinajstić information content (AvgIpc) is 3.26. The molecule has 0 radical (unpaired) electrons. The lowest BCUT2D eigenvalue weighted by Crippen LogP contribution is -2.09. The Morgan fingerprint density at radius 3 is 2.81 bits per heavy atom. The zero-order valence-corrected chi connectivity index (χ0v) is 18.4. The van der Waals surface area contributed by atoms with Gasteiger partial charge in [-0.15, -0.1) is 0 Å². The highest BCUT2D eigenvalue weighted by molar-refractivity contribution is 5.69. The maximum atomic E-state index is 14.2. The van der Waals surface area contributed by atoms with Crippen LogP contribution < -0.4 is 4.74 Å². The number of aryl methyl sites for hydroxylation is 4. The van der Waals surface area contributed by atoms with Gasteiger partial charge in [0, 0.05) is 29.2 Å². The normalized spacial score (nSPS) is 14.1. The first kappa shape index (κ1) is 22.1. The molecule has 1 atom stereocenters. The number of aromatic amines is 1. The van der Waals surface area contributed by atoms with E-state index in [1.54, 1.807) is 6.07 Å². The van der Waals surface area contributed by atoms with Gasteiger partial charge in [0.2, 0.25) is 0 Å². The van der Waals surface area contributed by atoms with Crippen LogP contribution in [0.15, 0.2) is 42.6 Å². The minimum Gasteiger partial charge on any atom is -0.494 e. The number of carbonyl (C=O) groups is 1. The number of ether oxygens (including phenoxy) is 1. The van der Waals surface area contributed by atoms with Crippen molar-refractivity contribution in [3.63, 3.8) is 0 Å². The van der Waals surface area contributed by atoms with E-state index in [0.29, 0.717) is 5.56 Å². The van der Waals surface area contributed by atoms with E-state index >= 15 is 0 Å². The first-order valence-corrected chi connectivity index (χ1v) is 11.2. The number of nitrogens with zero attached hydrogens (tertiary/aromatic N) is 1. The van der Waals surface area contributed by atoms with E-state index in [9.17, 15) is 14.3 Å². The average molecular weight is 437 g/mol. The molecule has 32 heavy (non-hydrogen) atoms. The quantitative estimate of drug-likeness (QED) is 0.482. The second-order valence-corrected chi connectivity index (χ2v) is 8.48. The molecular formula is C26H29FN2O3. The predicted octanol–water partition coefficient (Wildman–Crippen LogP) is 5.22. The van der Waals surface area contributed by atoms with Gasteiger partial charge in [-0.25, -0.2) is 4.39 Å². The molecule has 1 aliphatic rings. The lowest BCUT2D eigenvalue weighted by molar-refractivity contribution is -0.137. The van der Waals surface area contributed by atoms with Gasteiger partial charge in [0.25, 0.3) is 0 Å². The molecule has 0 amide bonds. The fourth-order valence-corrected chi connectivity index (χ4v) is 4.53. The van der Waals surface area contributed by atoms with Crippen LogP contribution in [0, 0.1) is 5.82 Å². The van der Waals surface area contributed by atoms with Crippen LogP contribution in [-0.2, 0) is 30.5 Å². The van der Waals surface area contributed by atoms with Crippen LogP contribution in [0.5, 0.6) is 5.75 Å². The molecule has 3 aromatic rings. The zero-order chi connectivity index (χ0) is 22.5. The fourth-order valence-electron chi connectivity index (χ4n) is 4.53. The number of carboxylic acids is 1. The Hall–Kier alpha value is -3.15. The molecule has 6 heteroatoms. The van der Waals surface area contributed by atoms with Crippen molar-refractivity contribution < 1.29 is 19.0 Å². The van der Waals surface area contributed by atoms with Gasteiger partial charge in [0.15, 0.2) is 11.6 Å². The molecule has 2 heterocycles. The molecule has 168 valence electrons. The monoisotopic (exact) mass is 436 g/mol. The third kappa shape index (κ3) is 5.18. The minimum absolute atomic E-state index is 0.120. The highest BCUT2D eigenvalue weighted by Gasteiger charge is 2.21. The largest absolute Gasteiger partial charge is 0.494 e. The molecule has 2 aromatic heterocycles. The molecule has 1 unspecified atom stereocenters. The molecule has 0 aliphatic heterocycles. The highest BCUT2D eigenvalue weighted by atomic mass is 19.1. The molecule has 0 fully saturated rings. The van der Waals surface area contributed by atoms with Gasteiger partial charge >= 0.3 is 5.97 Å². The molecule has 1 aliphatic carbocycles. The second-order valence-electron chi connectivity index (χ2n) is 8.48. The SMILES string of the molecule is COc1ccc(C(CC(=O)O)c2cc(CCCc3ccc4c(n3)CCCC4)c[nH]2)cc1F. The summed E-state index contributed by atoms with van der Waals surface area (Å²) in [6.45, 7) is 0. The van der Waals surface area contributed by atoms with Gasteiger partial charge < -0.3 is 14.8 Å². The molecule has 0 spiro atoms. The Balaban J connectivity index is 1.42. The van der Waals surface area contributed by atoms with Crippen molar-refractivity contribution in [3.05, 3.63) is 82.2 Å².